The zero-order valence-corrected chi connectivity index (χ0v) is 10.8. The van der Waals surface area contributed by atoms with Gasteiger partial charge in [0.1, 0.15) is 12.4 Å². The van der Waals surface area contributed by atoms with Gasteiger partial charge in [-0.2, -0.15) is 0 Å². The highest BCUT2D eigenvalue weighted by Gasteiger charge is 2.15. The van der Waals surface area contributed by atoms with E-state index in [1.807, 2.05) is 36.4 Å². The summed E-state index contributed by atoms with van der Waals surface area (Å²) in [5.74, 6) is 0.856. The lowest BCUT2D eigenvalue weighted by Crippen LogP contribution is -2.28. The summed E-state index contributed by atoms with van der Waals surface area (Å²) in [7, 11) is 0. The van der Waals surface area contributed by atoms with Crippen LogP contribution >= 0.6 is 0 Å². The first-order valence-electron chi connectivity index (χ1n) is 6.71. The lowest BCUT2D eigenvalue weighted by Gasteiger charge is -2.14. The first kappa shape index (κ1) is 12.2. The van der Waals surface area contributed by atoms with Crippen molar-refractivity contribution in [2.75, 3.05) is 13.2 Å². The maximum atomic E-state index is 11.0. The molecule has 1 aliphatic heterocycles. The molecule has 1 saturated heterocycles. The Morgan fingerprint density at radius 1 is 1.21 bits per heavy atom. The summed E-state index contributed by atoms with van der Waals surface area (Å²) >= 11 is 0. The van der Waals surface area contributed by atoms with E-state index >= 15 is 0 Å². The molecule has 3 nitrogen and oxygen atoms in total. The minimum absolute atomic E-state index is 0.449. The van der Waals surface area contributed by atoms with E-state index in [1.165, 1.54) is 12.8 Å². The second-order valence-electron chi connectivity index (χ2n) is 4.92. The smallest absolute Gasteiger partial charge is 0.150 e. The number of hydrogen-bond acceptors (Lipinski definition) is 3. The van der Waals surface area contributed by atoms with Crippen LogP contribution in [0.1, 0.15) is 23.2 Å². The molecule has 3 rings (SSSR count). The van der Waals surface area contributed by atoms with Crippen LogP contribution in [0, 0.1) is 0 Å². The van der Waals surface area contributed by atoms with Gasteiger partial charge in [0, 0.05) is 17.0 Å². The van der Waals surface area contributed by atoms with E-state index in [0.29, 0.717) is 18.2 Å². The molecule has 0 spiro atoms. The third-order valence-electron chi connectivity index (χ3n) is 3.65. The van der Waals surface area contributed by atoms with Crippen LogP contribution in [-0.2, 0) is 0 Å². The van der Waals surface area contributed by atoms with Crippen molar-refractivity contribution >= 4 is 17.1 Å². The Morgan fingerprint density at radius 3 is 2.79 bits per heavy atom. The molecule has 1 atom stereocenters. The largest absolute Gasteiger partial charge is 0.491 e. The first-order valence-corrected chi connectivity index (χ1v) is 6.71. The van der Waals surface area contributed by atoms with E-state index < -0.39 is 0 Å². The predicted octanol–water partition coefficient (Wildman–Crippen LogP) is 2.78. The highest BCUT2D eigenvalue weighted by Crippen LogP contribution is 2.28. The van der Waals surface area contributed by atoms with Gasteiger partial charge in [-0.1, -0.05) is 24.3 Å². The lowest BCUT2D eigenvalue weighted by molar-refractivity contribution is 0.112. The molecule has 1 N–H and O–H groups in total. The van der Waals surface area contributed by atoms with Crippen molar-refractivity contribution < 1.29 is 9.53 Å². The highest BCUT2D eigenvalue weighted by atomic mass is 16.5. The Balaban J connectivity index is 1.88. The van der Waals surface area contributed by atoms with Gasteiger partial charge in [-0.25, -0.2) is 0 Å². The summed E-state index contributed by atoms with van der Waals surface area (Å²) in [6.45, 7) is 1.77. The van der Waals surface area contributed by atoms with Crippen LogP contribution in [0.5, 0.6) is 5.75 Å². The number of nitrogens with one attached hydrogen (secondary N) is 1. The van der Waals surface area contributed by atoms with Crippen molar-refractivity contribution in [3.8, 4) is 5.75 Å². The maximum absolute atomic E-state index is 11.0. The summed E-state index contributed by atoms with van der Waals surface area (Å²) < 4.78 is 5.92. The number of hydrogen-bond donors (Lipinski definition) is 1. The van der Waals surface area contributed by atoms with Crippen molar-refractivity contribution in [1.82, 2.24) is 5.32 Å². The fourth-order valence-electron chi connectivity index (χ4n) is 2.61. The molecule has 3 heteroatoms. The van der Waals surface area contributed by atoms with Crippen molar-refractivity contribution in [3.63, 3.8) is 0 Å². The van der Waals surface area contributed by atoms with Gasteiger partial charge in [-0.3, -0.25) is 4.79 Å². The topological polar surface area (TPSA) is 38.3 Å². The number of carbonyl (C=O) groups is 1. The van der Waals surface area contributed by atoms with Crippen molar-refractivity contribution in [1.29, 1.82) is 0 Å². The average Bonchev–Trinajstić information content (AvgIpc) is 2.98. The summed E-state index contributed by atoms with van der Waals surface area (Å²) in [6.07, 6.45) is 3.29. The number of benzene rings is 2. The number of ether oxygens (including phenoxy) is 1. The molecular formula is C16H17NO2. The normalized spacial score (nSPS) is 18.6. The molecule has 0 saturated carbocycles. The molecule has 0 amide bonds. The summed E-state index contributed by atoms with van der Waals surface area (Å²) in [5, 5.41) is 5.37. The van der Waals surface area contributed by atoms with E-state index in [-0.39, 0.29) is 0 Å². The minimum Gasteiger partial charge on any atom is -0.491 e. The summed E-state index contributed by atoms with van der Waals surface area (Å²) in [5.41, 5.74) is 0.710. The zero-order valence-electron chi connectivity index (χ0n) is 10.8. The molecule has 1 aliphatic rings. The van der Waals surface area contributed by atoms with Gasteiger partial charge in [0.05, 0.1) is 0 Å². The monoisotopic (exact) mass is 255 g/mol. The lowest BCUT2D eigenvalue weighted by atomic mass is 10.0. The Morgan fingerprint density at radius 2 is 2.05 bits per heavy atom. The summed E-state index contributed by atoms with van der Waals surface area (Å²) in [6, 6.07) is 12.0. The van der Waals surface area contributed by atoms with Crippen molar-refractivity contribution in [3.05, 3.63) is 42.0 Å². The maximum Gasteiger partial charge on any atom is 0.150 e. The highest BCUT2D eigenvalue weighted by molar-refractivity contribution is 6.00. The Kier molecular flexibility index (Phi) is 3.47. The first-order chi connectivity index (χ1) is 9.38. The fraction of sp³-hybridized carbons (Fsp3) is 0.312. The van der Waals surface area contributed by atoms with Crippen LogP contribution in [0.3, 0.4) is 0 Å². The third-order valence-corrected chi connectivity index (χ3v) is 3.65. The van der Waals surface area contributed by atoms with Crippen LogP contribution in [0.15, 0.2) is 36.4 Å². The van der Waals surface area contributed by atoms with E-state index in [2.05, 4.69) is 5.32 Å². The SMILES string of the molecule is O=Cc1ccc(OCC2CCCN2)c2ccccc12. The second-order valence-corrected chi connectivity index (χ2v) is 4.92. The third kappa shape index (κ3) is 2.47. The zero-order chi connectivity index (χ0) is 13.1. The Labute approximate surface area is 112 Å². The number of carbonyl (C=O) groups excluding carboxylic acids is 1. The van der Waals surface area contributed by atoms with Gasteiger partial charge in [0.25, 0.3) is 0 Å². The van der Waals surface area contributed by atoms with Gasteiger partial charge in [0.15, 0.2) is 6.29 Å². The number of rotatable bonds is 4. The van der Waals surface area contributed by atoms with Gasteiger partial charge in [-0.15, -0.1) is 0 Å². The molecule has 1 unspecified atom stereocenters. The molecular weight excluding hydrogens is 238 g/mol. The second kappa shape index (κ2) is 5.41. The molecule has 0 radical (unpaired) electrons. The van der Waals surface area contributed by atoms with Crippen LogP contribution in [0.25, 0.3) is 10.8 Å². The predicted molar refractivity (Wildman–Crippen MR) is 75.9 cm³/mol. The molecule has 2 aromatic carbocycles. The van der Waals surface area contributed by atoms with Crippen molar-refractivity contribution in [2.24, 2.45) is 0 Å². The van der Waals surface area contributed by atoms with Crippen LogP contribution in [0.2, 0.25) is 0 Å². The standard InChI is InChI=1S/C16H17NO2/c18-10-12-7-8-16(15-6-2-1-5-14(12)15)19-11-13-4-3-9-17-13/h1-2,5-8,10,13,17H,3-4,9,11H2. The average molecular weight is 255 g/mol. The van der Waals surface area contributed by atoms with Gasteiger partial charge in [-0.05, 0) is 36.9 Å². The number of aldehydes is 1. The van der Waals surface area contributed by atoms with Crippen LogP contribution in [-0.4, -0.2) is 25.5 Å². The van der Waals surface area contributed by atoms with E-state index in [4.69, 9.17) is 4.74 Å². The van der Waals surface area contributed by atoms with Gasteiger partial charge in [0.2, 0.25) is 0 Å². The van der Waals surface area contributed by atoms with Crippen LogP contribution in [0.4, 0.5) is 0 Å². The van der Waals surface area contributed by atoms with Gasteiger partial charge >= 0.3 is 0 Å². The van der Waals surface area contributed by atoms with E-state index in [0.717, 1.165) is 29.4 Å². The molecule has 0 bridgehead atoms. The number of fused-ring (bicyclic) bond motifs is 1. The molecule has 0 aromatic heterocycles. The quantitative estimate of drug-likeness (QED) is 0.854. The Bertz CT molecular complexity index is 588. The van der Waals surface area contributed by atoms with Crippen LogP contribution < -0.4 is 10.1 Å². The van der Waals surface area contributed by atoms with E-state index in [9.17, 15) is 4.79 Å². The van der Waals surface area contributed by atoms with E-state index in [1.54, 1.807) is 0 Å². The fourth-order valence-corrected chi connectivity index (χ4v) is 2.61. The van der Waals surface area contributed by atoms with Crippen molar-refractivity contribution in [2.45, 2.75) is 18.9 Å². The summed E-state index contributed by atoms with van der Waals surface area (Å²) in [4.78, 5) is 11.0. The molecule has 98 valence electrons. The molecule has 2 aromatic rings. The molecule has 0 aliphatic carbocycles. The molecule has 1 heterocycles. The minimum atomic E-state index is 0.449. The molecule has 1 fully saturated rings. The van der Waals surface area contributed by atoms with Gasteiger partial charge < -0.3 is 10.1 Å². The molecule has 19 heavy (non-hydrogen) atoms. The Hall–Kier alpha value is -1.87.